The lowest BCUT2D eigenvalue weighted by Crippen LogP contribution is -2.33. The summed E-state index contributed by atoms with van der Waals surface area (Å²) in [5.74, 6) is 3.70. The van der Waals surface area contributed by atoms with Crippen molar-refractivity contribution >= 4 is 0 Å². The van der Waals surface area contributed by atoms with Crippen LogP contribution in [0.4, 0.5) is 0 Å². The fraction of sp³-hybridized carbons (Fsp3) is 0.591. The van der Waals surface area contributed by atoms with Crippen LogP contribution in [-0.2, 0) is 11.3 Å². The average molecular weight is 386 g/mol. The van der Waals surface area contributed by atoms with Gasteiger partial charge in [0.1, 0.15) is 5.76 Å². The highest BCUT2D eigenvalue weighted by molar-refractivity contribution is 5.60. The van der Waals surface area contributed by atoms with E-state index in [1.54, 1.807) is 14.2 Å². The number of aryl methyl sites for hydroxylation is 1. The van der Waals surface area contributed by atoms with Gasteiger partial charge in [-0.15, -0.1) is 0 Å². The number of ether oxygens (including phenoxy) is 3. The summed E-state index contributed by atoms with van der Waals surface area (Å²) in [4.78, 5) is 7.30. The van der Waals surface area contributed by atoms with Crippen LogP contribution in [0.1, 0.15) is 37.1 Å². The van der Waals surface area contributed by atoms with E-state index >= 15 is 0 Å². The highest BCUT2D eigenvalue weighted by Crippen LogP contribution is 2.34. The van der Waals surface area contributed by atoms with E-state index in [4.69, 9.17) is 23.6 Å². The van der Waals surface area contributed by atoms with Crippen molar-refractivity contribution in [3.8, 4) is 23.0 Å². The molecule has 2 aliphatic rings. The number of rotatable bonds is 9. The summed E-state index contributed by atoms with van der Waals surface area (Å²) in [5.41, 5.74) is 1.89. The van der Waals surface area contributed by atoms with Gasteiger partial charge in [0.25, 0.3) is 0 Å². The molecule has 1 aliphatic carbocycles. The molecule has 152 valence electrons. The van der Waals surface area contributed by atoms with Gasteiger partial charge in [-0.2, -0.15) is 0 Å². The molecule has 1 unspecified atom stereocenters. The highest BCUT2D eigenvalue weighted by atomic mass is 16.5. The first-order valence-corrected chi connectivity index (χ1v) is 10.2. The van der Waals surface area contributed by atoms with Crippen LogP contribution >= 0.6 is 0 Å². The Morgan fingerprint density at radius 1 is 1.11 bits per heavy atom. The number of aromatic nitrogens is 1. The van der Waals surface area contributed by atoms with Gasteiger partial charge in [-0.25, -0.2) is 4.98 Å². The second-order valence-corrected chi connectivity index (χ2v) is 7.86. The zero-order valence-electron chi connectivity index (χ0n) is 17.1. The first-order chi connectivity index (χ1) is 13.7. The van der Waals surface area contributed by atoms with Crippen molar-refractivity contribution in [2.75, 3.05) is 33.9 Å². The second kappa shape index (κ2) is 8.53. The number of nitrogens with zero attached hydrogens (tertiary/aromatic N) is 2. The fourth-order valence-corrected chi connectivity index (χ4v) is 3.82. The summed E-state index contributed by atoms with van der Waals surface area (Å²) >= 11 is 0. The predicted molar refractivity (Wildman–Crippen MR) is 107 cm³/mol. The molecule has 0 radical (unpaired) electrons. The molecule has 1 saturated heterocycles. The summed E-state index contributed by atoms with van der Waals surface area (Å²) in [6.45, 7) is 5.80. The van der Waals surface area contributed by atoms with Crippen molar-refractivity contribution in [1.29, 1.82) is 0 Å². The van der Waals surface area contributed by atoms with Gasteiger partial charge in [0.05, 0.1) is 26.0 Å². The monoisotopic (exact) mass is 386 g/mol. The zero-order valence-corrected chi connectivity index (χ0v) is 17.1. The topological polar surface area (TPSA) is 57.0 Å². The number of hydrogen-bond donors (Lipinski definition) is 0. The third-order valence-corrected chi connectivity index (χ3v) is 5.60. The van der Waals surface area contributed by atoms with Crippen molar-refractivity contribution in [3.63, 3.8) is 0 Å². The van der Waals surface area contributed by atoms with E-state index in [1.807, 2.05) is 25.1 Å². The standard InChI is InChI=1S/C22H30N2O4/c1-15-19(14-24(12-16-6-7-16)13-18-5-4-10-27-18)23-22(28-15)17-8-9-20(25-2)21(11-17)26-3/h8-9,11,16,18H,4-7,10,12-14H2,1-3H3. The highest BCUT2D eigenvalue weighted by Gasteiger charge is 2.28. The molecule has 28 heavy (non-hydrogen) atoms. The van der Waals surface area contributed by atoms with Crippen LogP contribution in [0.25, 0.3) is 11.5 Å². The van der Waals surface area contributed by atoms with Gasteiger partial charge < -0.3 is 18.6 Å². The maximum Gasteiger partial charge on any atom is 0.226 e. The smallest absolute Gasteiger partial charge is 0.226 e. The number of methoxy groups -OCH3 is 2. The van der Waals surface area contributed by atoms with Crippen LogP contribution < -0.4 is 9.47 Å². The minimum Gasteiger partial charge on any atom is -0.493 e. The Morgan fingerprint density at radius 3 is 2.61 bits per heavy atom. The van der Waals surface area contributed by atoms with E-state index in [2.05, 4.69) is 4.90 Å². The van der Waals surface area contributed by atoms with Crippen molar-refractivity contribution in [2.45, 2.75) is 45.3 Å². The van der Waals surface area contributed by atoms with Crippen molar-refractivity contribution in [2.24, 2.45) is 5.92 Å². The molecule has 1 aliphatic heterocycles. The number of oxazole rings is 1. The van der Waals surface area contributed by atoms with Crippen LogP contribution in [0, 0.1) is 12.8 Å². The fourth-order valence-electron chi connectivity index (χ4n) is 3.82. The number of hydrogen-bond acceptors (Lipinski definition) is 6. The predicted octanol–water partition coefficient (Wildman–Crippen LogP) is 4.06. The van der Waals surface area contributed by atoms with Crippen LogP contribution in [0.15, 0.2) is 22.6 Å². The van der Waals surface area contributed by atoms with Gasteiger partial charge in [-0.1, -0.05) is 0 Å². The number of benzene rings is 1. The molecule has 0 bridgehead atoms. The summed E-state index contributed by atoms with van der Waals surface area (Å²) in [7, 11) is 3.27. The largest absolute Gasteiger partial charge is 0.493 e. The van der Waals surface area contributed by atoms with Gasteiger partial charge in [0, 0.05) is 31.8 Å². The van der Waals surface area contributed by atoms with E-state index < -0.39 is 0 Å². The first kappa shape index (κ1) is 19.3. The normalized spacial score (nSPS) is 19.4. The lowest BCUT2D eigenvalue weighted by Gasteiger charge is -2.24. The molecule has 2 heterocycles. The summed E-state index contributed by atoms with van der Waals surface area (Å²) in [5, 5.41) is 0. The van der Waals surface area contributed by atoms with Crippen molar-refractivity contribution in [3.05, 3.63) is 29.7 Å². The van der Waals surface area contributed by atoms with Crippen molar-refractivity contribution < 1.29 is 18.6 Å². The van der Waals surface area contributed by atoms with E-state index in [-0.39, 0.29) is 0 Å². The van der Waals surface area contributed by atoms with Gasteiger partial charge in [-0.3, -0.25) is 4.90 Å². The average Bonchev–Trinajstić information content (AvgIpc) is 3.22. The summed E-state index contributed by atoms with van der Waals surface area (Å²) < 4.78 is 22.6. The van der Waals surface area contributed by atoms with Crippen molar-refractivity contribution in [1.82, 2.24) is 9.88 Å². The minimum atomic E-state index is 0.358. The van der Waals surface area contributed by atoms with Crippen LogP contribution in [0.2, 0.25) is 0 Å². The molecule has 0 amide bonds. The van der Waals surface area contributed by atoms with Gasteiger partial charge in [0.15, 0.2) is 11.5 Å². The molecule has 0 N–H and O–H groups in total. The molecule has 6 heteroatoms. The Kier molecular flexibility index (Phi) is 5.87. The van der Waals surface area contributed by atoms with Gasteiger partial charge >= 0.3 is 0 Å². The Bertz CT molecular complexity index is 794. The Morgan fingerprint density at radius 2 is 1.93 bits per heavy atom. The SMILES string of the molecule is COc1ccc(-c2nc(CN(CC3CC3)CC3CCCO3)c(C)o2)cc1OC. The molecule has 4 rings (SSSR count). The molecule has 2 aromatic rings. The maximum atomic E-state index is 6.00. The molecule has 1 atom stereocenters. The van der Waals surface area contributed by atoms with Crippen LogP contribution in [0.5, 0.6) is 11.5 Å². The molecule has 1 aromatic carbocycles. The third-order valence-electron chi connectivity index (χ3n) is 5.60. The third kappa shape index (κ3) is 4.50. The van der Waals surface area contributed by atoms with E-state index in [0.717, 1.165) is 55.6 Å². The van der Waals surface area contributed by atoms with E-state index in [1.165, 1.54) is 19.3 Å². The Labute approximate surface area is 166 Å². The molecule has 1 saturated carbocycles. The van der Waals surface area contributed by atoms with Gasteiger partial charge in [0.2, 0.25) is 5.89 Å². The van der Waals surface area contributed by atoms with E-state index in [9.17, 15) is 0 Å². The lowest BCUT2D eigenvalue weighted by atomic mass is 10.2. The molecule has 0 spiro atoms. The lowest BCUT2D eigenvalue weighted by molar-refractivity contribution is 0.0684. The first-order valence-electron chi connectivity index (χ1n) is 10.2. The molecule has 6 nitrogen and oxygen atoms in total. The summed E-state index contributed by atoms with van der Waals surface area (Å²) in [6.07, 6.45) is 5.38. The molecular weight excluding hydrogens is 356 g/mol. The van der Waals surface area contributed by atoms with Crippen LogP contribution in [-0.4, -0.2) is 49.9 Å². The zero-order chi connectivity index (χ0) is 19.5. The van der Waals surface area contributed by atoms with Crippen LogP contribution in [0.3, 0.4) is 0 Å². The minimum absolute atomic E-state index is 0.358. The van der Waals surface area contributed by atoms with Gasteiger partial charge in [-0.05, 0) is 56.7 Å². The Balaban J connectivity index is 1.50. The van der Waals surface area contributed by atoms with E-state index in [0.29, 0.717) is 23.5 Å². The summed E-state index contributed by atoms with van der Waals surface area (Å²) in [6, 6.07) is 5.73. The maximum absolute atomic E-state index is 6.00. The Hall–Kier alpha value is -2.05. The molecule has 2 fully saturated rings. The quantitative estimate of drug-likeness (QED) is 0.648. The molecular formula is C22H30N2O4. The molecule has 1 aromatic heterocycles. The second-order valence-electron chi connectivity index (χ2n) is 7.86.